The molecule has 0 saturated heterocycles. The summed E-state index contributed by atoms with van der Waals surface area (Å²) >= 11 is 0. The molecule has 0 fully saturated rings. The lowest BCUT2D eigenvalue weighted by Gasteiger charge is -2.24. The highest BCUT2D eigenvalue weighted by molar-refractivity contribution is 5.76. The van der Waals surface area contributed by atoms with Gasteiger partial charge in [-0.1, -0.05) is 18.2 Å². The fourth-order valence-electron chi connectivity index (χ4n) is 2.17. The summed E-state index contributed by atoms with van der Waals surface area (Å²) in [6.45, 7) is 1.34. The van der Waals surface area contributed by atoms with Gasteiger partial charge in [-0.25, -0.2) is 4.79 Å². The van der Waals surface area contributed by atoms with E-state index in [4.69, 9.17) is 0 Å². The van der Waals surface area contributed by atoms with E-state index in [0.29, 0.717) is 25.2 Å². The second-order valence-corrected chi connectivity index (χ2v) is 4.95. The normalized spacial score (nSPS) is 15.5. The Bertz CT molecular complexity index is 516. The Morgan fingerprint density at radius 2 is 2.24 bits per heavy atom. The van der Waals surface area contributed by atoms with Crippen LogP contribution in [-0.2, 0) is 11.2 Å². The number of urea groups is 1. The Balaban J connectivity index is 1.86. The van der Waals surface area contributed by atoms with Crippen LogP contribution in [0.15, 0.2) is 36.5 Å². The van der Waals surface area contributed by atoms with Crippen LogP contribution in [0.2, 0.25) is 0 Å². The van der Waals surface area contributed by atoms with Gasteiger partial charge < -0.3 is 15.3 Å². The Morgan fingerprint density at radius 1 is 1.38 bits per heavy atom. The fraction of sp³-hybridized carbons (Fsp3) is 0.400. The van der Waals surface area contributed by atoms with Crippen molar-refractivity contribution < 1.29 is 14.7 Å². The zero-order chi connectivity index (χ0) is 15.1. The summed E-state index contributed by atoms with van der Waals surface area (Å²) in [4.78, 5) is 29.0. The molecular formula is C15H19N3O3. The number of hydrogen-bond donors (Lipinski definition) is 2. The summed E-state index contributed by atoms with van der Waals surface area (Å²) in [6.07, 6.45) is 6.74. The number of pyridine rings is 1. The van der Waals surface area contributed by atoms with Crippen molar-refractivity contribution in [2.24, 2.45) is 5.92 Å². The second kappa shape index (κ2) is 7.42. The summed E-state index contributed by atoms with van der Waals surface area (Å²) in [6, 6.07) is 5.17. The number of carboxylic acid groups (broad SMARTS) is 1. The van der Waals surface area contributed by atoms with E-state index in [1.54, 1.807) is 23.2 Å². The topological polar surface area (TPSA) is 82.5 Å². The third kappa shape index (κ3) is 4.59. The molecule has 1 aromatic heterocycles. The Morgan fingerprint density at radius 3 is 2.86 bits per heavy atom. The van der Waals surface area contributed by atoms with Crippen LogP contribution in [0.3, 0.4) is 0 Å². The molecular weight excluding hydrogens is 270 g/mol. The zero-order valence-corrected chi connectivity index (χ0v) is 11.7. The van der Waals surface area contributed by atoms with Crippen LogP contribution < -0.4 is 5.32 Å². The molecule has 0 saturated carbocycles. The van der Waals surface area contributed by atoms with Gasteiger partial charge in [0.1, 0.15) is 0 Å². The molecule has 1 unspecified atom stereocenters. The quantitative estimate of drug-likeness (QED) is 0.800. The molecule has 6 heteroatoms. The van der Waals surface area contributed by atoms with Crippen LogP contribution in [0.5, 0.6) is 0 Å². The third-order valence-electron chi connectivity index (χ3n) is 3.38. The first-order valence-electron chi connectivity index (χ1n) is 6.97. The van der Waals surface area contributed by atoms with Gasteiger partial charge in [-0.3, -0.25) is 9.78 Å². The van der Waals surface area contributed by atoms with Crippen LogP contribution in [0, 0.1) is 5.92 Å². The van der Waals surface area contributed by atoms with E-state index in [1.807, 2.05) is 18.2 Å². The number of carbonyl (C=O) groups is 2. The number of hydrogen-bond acceptors (Lipinski definition) is 3. The van der Waals surface area contributed by atoms with Crippen molar-refractivity contribution in [2.75, 3.05) is 19.6 Å². The monoisotopic (exact) mass is 289 g/mol. The molecule has 0 bridgehead atoms. The van der Waals surface area contributed by atoms with E-state index in [1.165, 1.54) is 0 Å². The second-order valence-electron chi connectivity index (χ2n) is 4.95. The highest BCUT2D eigenvalue weighted by atomic mass is 16.4. The average Bonchev–Trinajstić information content (AvgIpc) is 2.52. The molecule has 1 aliphatic heterocycles. The van der Waals surface area contributed by atoms with E-state index in [0.717, 1.165) is 6.42 Å². The third-order valence-corrected chi connectivity index (χ3v) is 3.38. The summed E-state index contributed by atoms with van der Waals surface area (Å²) in [5, 5.41) is 12.0. The minimum absolute atomic E-state index is 0.102. The van der Waals surface area contributed by atoms with Gasteiger partial charge in [0.15, 0.2) is 0 Å². The van der Waals surface area contributed by atoms with E-state index in [-0.39, 0.29) is 12.6 Å². The van der Waals surface area contributed by atoms with Gasteiger partial charge in [0.25, 0.3) is 0 Å². The molecule has 0 aromatic carbocycles. The summed E-state index contributed by atoms with van der Waals surface area (Å²) in [7, 11) is 0. The predicted octanol–water partition coefficient (Wildman–Crippen LogP) is 1.30. The van der Waals surface area contributed by atoms with Gasteiger partial charge in [0.05, 0.1) is 5.92 Å². The molecule has 0 aliphatic carbocycles. The fourth-order valence-corrected chi connectivity index (χ4v) is 2.17. The van der Waals surface area contributed by atoms with Crippen LogP contribution in [-0.4, -0.2) is 46.6 Å². The van der Waals surface area contributed by atoms with Gasteiger partial charge in [-0.2, -0.15) is 0 Å². The lowest BCUT2D eigenvalue weighted by atomic mass is 10.0. The highest BCUT2D eigenvalue weighted by Gasteiger charge is 2.21. The number of nitrogens with zero attached hydrogens (tertiary/aromatic N) is 2. The van der Waals surface area contributed by atoms with Crippen molar-refractivity contribution in [3.8, 4) is 0 Å². The number of rotatable bonds is 5. The van der Waals surface area contributed by atoms with Crippen LogP contribution >= 0.6 is 0 Å². The molecule has 0 spiro atoms. The molecule has 0 radical (unpaired) electrons. The van der Waals surface area contributed by atoms with Crippen LogP contribution in [0.1, 0.15) is 12.1 Å². The van der Waals surface area contributed by atoms with Crippen molar-refractivity contribution in [3.05, 3.63) is 42.2 Å². The molecule has 1 aliphatic rings. The number of aromatic nitrogens is 1. The average molecular weight is 289 g/mol. The first kappa shape index (κ1) is 15.0. The van der Waals surface area contributed by atoms with Crippen LogP contribution in [0.25, 0.3) is 0 Å². The number of carboxylic acids is 1. The lowest BCUT2D eigenvalue weighted by Crippen LogP contribution is -2.44. The van der Waals surface area contributed by atoms with E-state index >= 15 is 0 Å². The largest absolute Gasteiger partial charge is 0.481 e. The molecule has 2 heterocycles. The molecule has 112 valence electrons. The van der Waals surface area contributed by atoms with Gasteiger partial charge in [-0.05, 0) is 18.6 Å². The van der Waals surface area contributed by atoms with Crippen molar-refractivity contribution in [1.82, 2.24) is 15.2 Å². The van der Waals surface area contributed by atoms with Crippen molar-refractivity contribution in [2.45, 2.75) is 12.8 Å². The summed E-state index contributed by atoms with van der Waals surface area (Å²) in [5.41, 5.74) is 0.708. The summed E-state index contributed by atoms with van der Waals surface area (Å²) < 4.78 is 0. The molecule has 6 nitrogen and oxygen atoms in total. The first-order valence-corrected chi connectivity index (χ1v) is 6.97. The minimum Gasteiger partial charge on any atom is -0.481 e. The Kier molecular flexibility index (Phi) is 5.31. The standard InChI is InChI=1S/C15H19N3O3/c19-14(20)12(10-13-6-2-3-7-16-13)11-17-15(21)18-8-4-1-5-9-18/h1-4,6-7,12H,5,8-11H2,(H,17,21)(H,19,20). The van der Waals surface area contributed by atoms with E-state index in [9.17, 15) is 14.7 Å². The minimum atomic E-state index is -0.931. The maximum Gasteiger partial charge on any atom is 0.317 e. The summed E-state index contributed by atoms with van der Waals surface area (Å²) in [5.74, 6) is -1.61. The maximum absolute atomic E-state index is 11.9. The van der Waals surface area contributed by atoms with Gasteiger partial charge in [0.2, 0.25) is 0 Å². The number of amides is 2. The van der Waals surface area contributed by atoms with Gasteiger partial charge in [0, 0.05) is 37.9 Å². The van der Waals surface area contributed by atoms with Gasteiger partial charge in [-0.15, -0.1) is 0 Å². The van der Waals surface area contributed by atoms with Crippen molar-refractivity contribution in [1.29, 1.82) is 0 Å². The number of carbonyl (C=O) groups excluding carboxylic acids is 1. The first-order chi connectivity index (χ1) is 10.2. The molecule has 2 N–H and O–H groups in total. The predicted molar refractivity (Wildman–Crippen MR) is 77.8 cm³/mol. The molecule has 1 atom stereocenters. The number of aliphatic carboxylic acids is 1. The molecule has 21 heavy (non-hydrogen) atoms. The SMILES string of the molecule is O=C(O)C(CNC(=O)N1CC=CCC1)Cc1ccccn1. The zero-order valence-electron chi connectivity index (χ0n) is 11.7. The van der Waals surface area contributed by atoms with Gasteiger partial charge >= 0.3 is 12.0 Å². The van der Waals surface area contributed by atoms with E-state index in [2.05, 4.69) is 10.3 Å². The maximum atomic E-state index is 11.9. The van der Waals surface area contributed by atoms with Crippen LogP contribution in [0.4, 0.5) is 4.79 Å². The smallest absolute Gasteiger partial charge is 0.317 e. The molecule has 2 amide bonds. The molecule has 2 rings (SSSR count). The van der Waals surface area contributed by atoms with Crippen molar-refractivity contribution >= 4 is 12.0 Å². The van der Waals surface area contributed by atoms with Crippen molar-refractivity contribution in [3.63, 3.8) is 0 Å². The Labute approximate surface area is 123 Å². The lowest BCUT2D eigenvalue weighted by molar-refractivity contribution is -0.141. The number of nitrogens with one attached hydrogen (secondary N) is 1. The highest BCUT2D eigenvalue weighted by Crippen LogP contribution is 2.07. The molecule has 1 aromatic rings. The van der Waals surface area contributed by atoms with E-state index < -0.39 is 11.9 Å². The Hall–Kier alpha value is -2.37.